The van der Waals surface area contributed by atoms with Crippen LogP contribution in [0.3, 0.4) is 0 Å². The summed E-state index contributed by atoms with van der Waals surface area (Å²) < 4.78 is 6.53. The summed E-state index contributed by atoms with van der Waals surface area (Å²) in [4.78, 5) is 10.6. The van der Waals surface area contributed by atoms with Crippen molar-refractivity contribution in [3.63, 3.8) is 0 Å². The number of aryl methyl sites for hydroxylation is 1. The average Bonchev–Trinajstić information content (AvgIpc) is 3.13. The molecule has 0 amide bonds. The Labute approximate surface area is 160 Å². The molecule has 8 nitrogen and oxygen atoms in total. The highest BCUT2D eigenvalue weighted by molar-refractivity contribution is 7.98. The molecule has 0 radical (unpaired) electrons. The van der Waals surface area contributed by atoms with Crippen molar-refractivity contribution < 1.29 is 9.66 Å². The van der Waals surface area contributed by atoms with Crippen LogP contribution in [0.4, 0.5) is 5.69 Å². The first-order valence-electron chi connectivity index (χ1n) is 8.02. The maximum absolute atomic E-state index is 11.1. The molecule has 0 unspecified atom stereocenters. The molecule has 1 heterocycles. The summed E-state index contributed by atoms with van der Waals surface area (Å²) in [5.74, 6) is 0.943. The highest BCUT2D eigenvalue weighted by Gasteiger charge is 2.14. The van der Waals surface area contributed by atoms with Crippen LogP contribution in [-0.2, 0) is 5.75 Å². The van der Waals surface area contributed by atoms with Crippen LogP contribution < -0.4 is 4.74 Å². The summed E-state index contributed by atoms with van der Waals surface area (Å²) in [6.45, 7) is 2.05. The lowest BCUT2D eigenvalue weighted by Gasteiger charge is -2.03. The normalized spacial score (nSPS) is 11.0. The summed E-state index contributed by atoms with van der Waals surface area (Å²) in [7, 11) is 1.39. The molecule has 0 spiro atoms. The molecule has 0 aliphatic heterocycles. The number of nitrogens with zero attached hydrogens (tertiary/aromatic N) is 5. The van der Waals surface area contributed by atoms with Gasteiger partial charge in [-0.25, -0.2) is 0 Å². The fraction of sp³-hybridized carbons (Fsp3) is 0.167. The SMILES string of the molecule is COc1ccc(/C=N\n2cnnc2SCc2ccc(C)cc2)cc1[N+](=O)[O-]. The maximum Gasteiger partial charge on any atom is 0.311 e. The molecular weight excluding hydrogens is 366 g/mol. The highest BCUT2D eigenvalue weighted by atomic mass is 32.2. The zero-order chi connectivity index (χ0) is 19.2. The van der Waals surface area contributed by atoms with Crippen LogP contribution in [0.15, 0.2) is 59.0 Å². The second kappa shape index (κ2) is 8.45. The minimum Gasteiger partial charge on any atom is -0.490 e. The summed E-state index contributed by atoms with van der Waals surface area (Å²) in [5.41, 5.74) is 2.85. The van der Waals surface area contributed by atoms with Crippen LogP contribution in [0.2, 0.25) is 0 Å². The van der Waals surface area contributed by atoms with Crippen molar-refractivity contribution in [1.29, 1.82) is 0 Å². The Kier molecular flexibility index (Phi) is 5.82. The van der Waals surface area contributed by atoms with E-state index < -0.39 is 4.92 Å². The van der Waals surface area contributed by atoms with Crippen LogP contribution >= 0.6 is 11.8 Å². The lowest BCUT2D eigenvalue weighted by molar-refractivity contribution is -0.385. The highest BCUT2D eigenvalue weighted by Crippen LogP contribution is 2.27. The van der Waals surface area contributed by atoms with E-state index in [0.717, 1.165) is 5.75 Å². The molecule has 3 rings (SSSR count). The van der Waals surface area contributed by atoms with Gasteiger partial charge in [0, 0.05) is 17.4 Å². The van der Waals surface area contributed by atoms with Gasteiger partial charge in [0.15, 0.2) is 5.75 Å². The Balaban J connectivity index is 1.73. The fourth-order valence-corrected chi connectivity index (χ4v) is 3.10. The summed E-state index contributed by atoms with van der Waals surface area (Å²) in [6.07, 6.45) is 3.01. The van der Waals surface area contributed by atoms with Crippen LogP contribution in [-0.4, -0.2) is 33.1 Å². The third-order valence-corrected chi connectivity index (χ3v) is 4.72. The van der Waals surface area contributed by atoms with Gasteiger partial charge < -0.3 is 4.74 Å². The zero-order valence-corrected chi connectivity index (χ0v) is 15.6. The number of benzene rings is 2. The monoisotopic (exact) mass is 383 g/mol. The van der Waals surface area contributed by atoms with Gasteiger partial charge in [-0.2, -0.15) is 9.78 Å². The number of nitro benzene ring substituents is 1. The summed E-state index contributed by atoms with van der Waals surface area (Å²) in [5, 5.41) is 24.0. The van der Waals surface area contributed by atoms with Gasteiger partial charge >= 0.3 is 5.69 Å². The van der Waals surface area contributed by atoms with Crippen LogP contribution in [0, 0.1) is 17.0 Å². The van der Waals surface area contributed by atoms with Gasteiger partial charge in [0.05, 0.1) is 18.2 Å². The molecule has 0 aliphatic rings. The number of thioether (sulfide) groups is 1. The molecule has 0 atom stereocenters. The topological polar surface area (TPSA) is 95.4 Å². The fourth-order valence-electron chi connectivity index (χ4n) is 2.28. The van der Waals surface area contributed by atoms with Gasteiger partial charge in [-0.05, 0) is 24.6 Å². The third kappa shape index (κ3) is 4.70. The number of rotatable bonds is 7. The van der Waals surface area contributed by atoms with Crippen LogP contribution in [0.5, 0.6) is 5.75 Å². The van der Waals surface area contributed by atoms with E-state index >= 15 is 0 Å². The minimum absolute atomic E-state index is 0.112. The molecule has 138 valence electrons. The number of methoxy groups -OCH3 is 1. The Bertz CT molecular complexity index is 969. The molecule has 9 heteroatoms. The number of aromatic nitrogens is 3. The summed E-state index contributed by atoms with van der Waals surface area (Å²) in [6, 6.07) is 12.9. The molecule has 0 bridgehead atoms. The van der Waals surface area contributed by atoms with E-state index in [1.807, 2.05) is 6.92 Å². The van der Waals surface area contributed by atoms with Gasteiger partial charge in [0.25, 0.3) is 0 Å². The van der Waals surface area contributed by atoms with Crippen LogP contribution in [0.25, 0.3) is 0 Å². The van der Waals surface area contributed by atoms with E-state index in [1.165, 1.54) is 53.3 Å². The Morgan fingerprint density at radius 3 is 2.78 bits per heavy atom. The van der Waals surface area contributed by atoms with E-state index in [4.69, 9.17) is 4.74 Å². The van der Waals surface area contributed by atoms with E-state index in [1.54, 1.807) is 12.1 Å². The van der Waals surface area contributed by atoms with E-state index in [9.17, 15) is 10.1 Å². The van der Waals surface area contributed by atoms with Crippen molar-refractivity contribution in [3.05, 3.63) is 75.6 Å². The first-order chi connectivity index (χ1) is 13.1. The lowest BCUT2D eigenvalue weighted by Crippen LogP contribution is -1.96. The Morgan fingerprint density at radius 2 is 2.07 bits per heavy atom. The molecule has 2 aromatic carbocycles. The third-order valence-electron chi connectivity index (χ3n) is 3.72. The van der Waals surface area contributed by atoms with Crippen molar-refractivity contribution in [2.45, 2.75) is 17.8 Å². The predicted molar refractivity (Wildman–Crippen MR) is 103 cm³/mol. The second-order valence-corrected chi connectivity index (χ2v) is 6.61. The first kappa shape index (κ1) is 18.6. The van der Waals surface area contributed by atoms with E-state index in [2.05, 4.69) is 39.6 Å². The number of hydrogen-bond acceptors (Lipinski definition) is 7. The van der Waals surface area contributed by atoms with Crippen molar-refractivity contribution >= 4 is 23.7 Å². The summed E-state index contributed by atoms with van der Waals surface area (Å²) >= 11 is 1.51. The predicted octanol–water partition coefficient (Wildman–Crippen LogP) is 3.68. The molecule has 0 aliphatic carbocycles. The van der Waals surface area contributed by atoms with Gasteiger partial charge in [0.1, 0.15) is 6.33 Å². The molecule has 3 aromatic rings. The minimum atomic E-state index is -0.488. The van der Waals surface area contributed by atoms with Crippen molar-refractivity contribution in [3.8, 4) is 5.75 Å². The Morgan fingerprint density at radius 1 is 1.30 bits per heavy atom. The van der Waals surface area contributed by atoms with E-state index in [0.29, 0.717) is 10.7 Å². The quantitative estimate of drug-likeness (QED) is 0.267. The number of ether oxygens (including phenoxy) is 1. The van der Waals surface area contributed by atoms with Gasteiger partial charge in [-0.1, -0.05) is 41.6 Å². The first-order valence-corrected chi connectivity index (χ1v) is 9.00. The maximum atomic E-state index is 11.1. The van der Waals surface area contributed by atoms with Gasteiger partial charge in [0.2, 0.25) is 5.16 Å². The van der Waals surface area contributed by atoms with Crippen molar-refractivity contribution in [1.82, 2.24) is 14.9 Å². The molecule has 27 heavy (non-hydrogen) atoms. The standard InChI is InChI=1S/C18H17N5O3S/c1-13-3-5-14(6-4-13)11-27-18-21-19-12-22(18)20-10-15-7-8-17(26-2)16(9-15)23(24)25/h3-10,12H,11H2,1-2H3/b20-10-. The molecule has 1 aromatic heterocycles. The largest absolute Gasteiger partial charge is 0.490 e. The molecular formula is C18H17N5O3S. The Hall–Kier alpha value is -3.20. The van der Waals surface area contributed by atoms with Crippen LogP contribution in [0.1, 0.15) is 16.7 Å². The molecule has 0 fully saturated rings. The lowest BCUT2D eigenvalue weighted by atomic mass is 10.2. The van der Waals surface area contributed by atoms with Gasteiger partial charge in [-0.3, -0.25) is 10.1 Å². The smallest absolute Gasteiger partial charge is 0.311 e. The average molecular weight is 383 g/mol. The number of nitro groups is 1. The number of hydrogen-bond donors (Lipinski definition) is 0. The second-order valence-electron chi connectivity index (χ2n) is 5.67. The zero-order valence-electron chi connectivity index (χ0n) is 14.8. The van der Waals surface area contributed by atoms with E-state index in [-0.39, 0.29) is 11.4 Å². The van der Waals surface area contributed by atoms with Crippen molar-refractivity contribution in [2.24, 2.45) is 5.10 Å². The molecule has 0 saturated carbocycles. The molecule has 0 N–H and O–H groups in total. The molecule has 0 saturated heterocycles. The van der Waals surface area contributed by atoms with Crippen molar-refractivity contribution in [2.75, 3.05) is 7.11 Å². The van der Waals surface area contributed by atoms with Gasteiger partial charge in [-0.15, -0.1) is 10.2 Å².